The van der Waals surface area contributed by atoms with Crippen LogP contribution in [0.5, 0.6) is 0 Å². The highest BCUT2D eigenvalue weighted by atomic mass is 35.5. The van der Waals surface area contributed by atoms with Gasteiger partial charge in [-0.05, 0) is 43.7 Å². The van der Waals surface area contributed by atoms with Crippen LogP contribution in [0.25, 0.3) is 0 Å². The minimum Gasteiger partial charge on any atom is -0.382 e. The molecule has 2 aromatic rings. The fourth-order valence-corrected chi connectivity index (χ4v) is 5.61. The van der Waals surface area contributed by atoms with Gasteiger partial charge in [0.25, 0.3) is 15.6 Å². The lowest BCUT2D eigenvalue weighted by molar-refractivity contribution is 0.0595. The molecule has 1 N–H and O–H groups in total. The first-order valence-electron chi connectivity index (χ1n) is 10.6. The van der Waals surface area contributed by atoms with Gasteiger partial charge < -0.3 is 10.1 Å². The molecule has 2 aliphatic rings. The van der Waals surface area contributed by atoms with E-state index < -0.39 is 21.4 Å². The second kappa shape index (κ2) is 9.82. The maximum atomic E-state index is 13.1. The molecular formula is C20H25ClFN5O4S. The van der Waals surface area contributed by atoms with Crippen LogP contribution in [-0.4, -0.2) is 60.3 Å². The highest BCUT2D eigenvalue weighted by Crippen LogP contribution is 2.26. The molecule has 0 aliphatic carbocycles. The monoisotopic (exact) mass is 485 g/mol. The number of rotatable bonds is 6. The Balaban J connectivity index is 1.40. The topological polar surface area (TPSA) is 106 Å². The van der Waals surface area contributed by atoms with Crippen LogP contribution in [0.3, 0.4) is 0 Å². The van der Waals surface area contributed by atoms with E-state index in [1.165, 1.54) is 8.99 Å². The summed E-state index contributed by atoms with van der Waals surface area (Å²) in [5, 5.41) is 7.35. The van der Waals surface area contributed by atoms with Crippen molar-refractivity contribution in [3.8, 4) is 0 Å². The standard InChI is InChI=1S/C20H25ClFN5O4S/c21-19-17(23-10-14-2-1-9-31-13-14)12-25-27(20(19)28)16-5-7-26(8-6-16)32(29,30)18-4-3-15(22)11-24-18/h3-4,11-12,14,16,23H,1-2,5-10,13H2/t14-/m1/s1. The molecule has 2 aromatic heterocycles. The van der Waals surface area contributed by atoms with Gasteiger partial charge in [0.15, 0.2) is 5.03 Å². The minimum atomic E-state index is -3.83. The zero-order chi connectivity index (χ0) is 22.7. The quantitative estimate of drug-likeness (QED) is 0.669. The summed E-state index contributed by atoms with van der Waals surface area (Å²) in [4.78, 5) is 16.5. The number of hydrogen-bond donors (Lipinski definition) is 1. The highest BCUT2D eigenvalue weighted by Gasteiger charge is 2.32. The lowest BCUT2D eigenvalue weighted by Crippen LogP contribution is -2.41. The third-order valence-corrected chi connectivity index (χ3v) is 8.03. The van der Waals surface area contributed by atoms with Crippen molar-refractivity contribution in [1.82, 2.24) is 19.1 Å². The van der Waals surface area contributed by atoms with Gasteiger partial charge in [0.1, 0.15) is 10.8 Å². The maximum Gasteiger partial charge on any atom is 0.287 e. The van der Waals surface area contributed by atoms with E-state index in [2.05, 4.69) is 15.4 Å². The van der Waals surface area contributed by atoms with Gasteiger partial charge >= 0.3 is 0 Å². The van der Waals surface area contributed by atoms with Gasteiger partial charge in [-0.3, -0.25) is 4.79 Å². The molecule has 0 aromatic carbocycles. The van der Waals surface area contributed by atoms with Crippen molar-refractivity contribution in [2.45, 2.75) is 36.8 Å². The number of nitrogens with one attached hydrogen (secondary N) is 1. The Morgan fingerprint density at radius 2 is 2.00 bits per heavy atom. The van der Waals surface area contributed by atoms with Gasteiger partial charge in [-0.15, -0.1) is 0 Å². The Morgan fingerprint density at radius 3 is 2.66 bits per heavy atom. The van der Waals surface area contributed by atoms with Gasteiger partial charge in [-0.2, -0.15) is 9.40 Å². The fraction of sp³-hybridized carbons (Fsp3) is 0.550. The number of ether oxygens (including phenoxy) is 1. The molecule has 0 amide bonds. The molecule has 12 heteroatoms. The van der Waals surface area contributed by atoms with Gasteiger partial charge in [-0.25, -0.2) is 22.5 Å². The second-order valence-electron chi connectivity index (χ2n) is 8.04. The average Bonchev–Trinajstić information content (AvgIpc) is 2.81. The Morgan fingerprint density at radius 1 is 1.22 bits per heavy atom. The van der Waals surface area contributed by atoms with Crippen molar-refractivity contribution in [2.24, 2.45) is 5.92 Å². The number of halogens is 2. The van der Waals surface area contributed by atoms with E-state index in [0.717, 1.165) is 37.8 Å². The van der Waals surface area contributed by atoms with E-state index in [-0.39, 0.29) is 29.2 Å². The zero-order valence-electron chi connectivity index (χ0n) is 17.4. The van der Waals surface area contributed by atoms with E-state index in [1.807, 2.05) is 0 Å². The van der Waals surface area contributed by atoms with Crippen LogP contribution in [-0.2, 0) is 14.8 Å². The number of aromatic nitrogens is 3. The fourth-order valence-electron chi connectivity index (χ4n) is 4.03. The number of sulfonamides is 1. The molecule has 0 unspecified atom stereocenters. The van der Waals surface area contributed by atoms with Gasteiger partial charge in [-0.1, -0.05) is 11.6 Å². The predicted octanol–water partition coefficient (Wildman–Crippen LogP) is 2.30. The van der Waals surface area contributed by atoms with Crippen molar-refractivity contribution >= 4 is 27.3 Å². The largest absolute Gasteiger partial charge is 0.382 e. The molecule has 4 rings (SSSR count). The Labute approximate surface area is 190 Å². The summed E-state index contributed by atoms with van der Waals surface area (Å²) in [6, 6.07) is 1.94. The summed E-state index contributed by atoms with van der Waals surface area (Å²) in [5.74, 6) is -0.237. The smallest absolute Gasteiger partial charge is 0.287 e. The molecule has 0 radical (unpaired) electrons. The number of hydrogen-bond acceptors (Lipinski definition) is 7. The van der Waals surface area contributed by atoms with Crippen LogP contribution in [0.15, 0.2) is 34.3 Å². The molecule has 174 valence electrons. The molecule has 2 saturated heterocycles. The molecule has 1 atom stereocenters. The zero-order valence-corrected chi connectivity index (χ0v) is 19.0. The third-order valence-electron chi connectivity index (χ3n) is 5.85. The van der Waals surface area contributed by atoms with Gasteiger partial charge in [0, 0.05) is 26.2 Å². The van der Waals surface area contributed by atoms with Crippen LogP contribution < -0.4 is 10.9 Å². The van der Waals surface area contributed by atoms with Gasteiger partial charge in [0.2, 0.25) is 0 Å². The number of nitrogens with zero attached hydrogens (tertiary/aromatic N) is 4. The lowest BCUT2D eigenvalue weighted by atomic mass is 10.0. The average molecular weight is 486 g/mol. The molecular weight excluding hydrogens is 461 g/mol. The number of anilines is 1. The molecule has 2 aliphatic heterocycles. The van der Waals surface area contributed by atoms with Crippen LogP contribution in [0, 0.1) is 11.7 Å². The summed E-state index contributed by atoms with van der Waals surface area (Å²) in [6.07, 6.45) is 5.29. The SMILES string of the molecule is O=c1c(Cl)c(NC[C@H]2CCCOC2)cnn1C1CCN(S(=O)(=O)c2ccc(F)cn2)CC1. The molecule has 4 heterocycles. The van der Waals surface area contributed by atoms with Gasteiger partial charge in [0.05, 0.1) is 30.7 Å². The van der Waals surface area contributed by atoms with E-state index >= 15 is 0 Å². The predicted molar refractivity (Wildman–Crippen MR) is 117 cm³/mol. The number of piperidine rings is 1. The first-order valence-corrected chi connectivity index (χ1v) is 12.4. The Bertz CT molecular complexity index is 1100. The summed E-state index contributed by atoms with van der Waals surface area (Å²) in [6.45, 7) is 2.51. The van der Waals surface area contributed by atoms with Crippen LogP contribution in [0.2, 0.25) is 5.02 Å². The summed E-state index contributed by atoms with van der Waals surface area (Å²) >= 11 is 6.32. The first-order chi connectivity index (χ1) is 15.4. The molecule has 2 fully saturated rings. The van der Waals surface area contributed by atoms with E-state index in [0.29, 0.717) is 37.6 Å². The van der Waals surface area contributed by atoms with Crippen molar-refractivity contribution in [2.75, 3.05) is 38.2 Å². The van der Waals surface area contributed by atoms with Crippen molar-refractivity contribution in [3.63, 3.8) is 0 Å². The van der Waals surface area contributed by atoms with Crippen LogP contribution in [0.1, 0.15) is 31.7 Å². The molecule has 0 spiro atoms. The highest BCUT2D eigenvalue weighted by molar-refractivity contribution is 7.89. The van der Waals surface area contributed by atoms with E-state index in [4.69, 9.17) is 16.3 Å². The summed E-state index contributed by atoms with van der Waals surface area (Å²) in [5.41, 5.74) is 0.0824. The summed E-state index contributed by atoms with van der Waals surface area (Å²) in [7, 11) is -3.83. The lowest BCUT2D eigenvalue weighted by Gasteiger charge is -2.31. The number of pyridine rings is 1. The first kappa shape index (κ1) is 23.1. The Kier molecular flexibility index (Phi) is 7.08. The maximum absolute atomic E-state index is 13.1. The second-order valence-corrected chi connectivity index (χ2v) is 10.3. The van der Waals surface area contributed by atoms with Crippen molar-refractivity contribution in [1.29, 1.82) is 0 Å². The summed E-state index contributed by atoms with van der Waals surface area (Å²) < 4.78 is 46.6. The third kappa shape index (κ3) is 4.95. The van der Waals surface area contributed by atoms with E-state index in [9.17, 15) is 17.6 Å². The normalized spacial score (nSPS) is 20.9. The molecule has 32 heavy (non-hydrogen) atoms. The van der Waals surface area contributed by atoms with Crippen LogP contribution in [0.4, 0.5) is 10.1 Å². The van der Waals surface area contributed by atoms with Crippen LogP contribution >= 0.6 is 11.6 Å². The van der Waals surface area contributed by atoms with Crippen molar-refractivity contribution in [3.05, 3.63) is 45.7 Å². The minimum absolute atomic E-state index is 0.0716. The van der Waals surface area contributed by atoms with E-state index in [1.54, 1.807) is 6.20 Å². The molecule has 9 nitrogen and oxygen atoms in total. The molecule has 0 saturated carbocycles. The molecule has 0 bridgehead atoms. The van der Waals surface area contributed by atoms with Crippen molar-refractivity contribution < 1.29 is 17.5 Å². The Hall–Kier alpha value is -2.08.